The summed E-state index contributed by atoms with van der Waals surface area (Å²) in [5.41, 5.74) is 1.63. The summed E-state index contributed by atoms with van der Waals surface area (Å²) in [5.74, 6) is 1.29. The van der Waals surface area contributed by atoms with Crippen LogP contribution < -0.4 is 9.47 Å². The number of hydrogen-bond acceptors (Lipinski definition) is 3. The number of hydrogen-bond donors (Lipinski definition) is 0. The predicted octanol–water partition coefficient (Wildman–Crippen LogP) is 5.15. The number of methoxy groups -OCH3 is 1. The average molecular weight is 324 g/mol. The minimum Gasteiger partial charge on any atom is -0.494 e. The lowest BCUT2D eigenvalue weighted by molar-refractivity contribution is 0.340. The van der Waals surface area contributed by atoms with Crippen LogP contribution in [0.25, 0.3) is 0 Å². The van der Waals surface area contributed by atoms with Crippen molar-refractivity contribution in [1.82, 2.24) is 0 Å². The van der Waals surface area contributed by atoms with Gasteiger partial charge in [-0.25, -0.2) is 0 Å². The van der Waals surface area contributed by atoms with Gasteiger partial charge in [0.2, 0.25) is 0 Å². The van der Waals surface area contributed by atoms with E-state index in [2.05, 4.69) is 4.99 Å². The maximum Gasteiger partial charge on any atom is 0.156 e. The Morgan fingerprint density at radius 1 is 1.10 bits per heavy atom. The standard InChI is InChI=1S/C16H15Cl2NO2/c1-3-21-13-6-4-12(5-7-13)19-10-11-8-14(17)16(20-2)15(18)9-11/h4-10H,3H2,1-2H3. The first-order valence-electron chi connectivity index (χ1n) is 6.44. The lowest BCUT2D eigenvalue weighted by Gasteiger charge is -2.06. The van der Waals surface area contributed by atoms with E-state index >= 15 is 0 Å². The van der Waals surface area contributed by atoms with Crippen molar-refractivity contribution in [2.75, 3.05) is 13.7 Å². The number of ether oxygens (including phenoxy) is 2. The van der Waals surface area contributed by atoms with Gasteiger partial charge in [-0.2, -0.15) is 0 Å². The maximum atomic E-state index is 6.08. The van der Waals surface area contributed by atoms with Gasteiger partial charge in [0.15, 0.2) is 5.75 Å². The molecule has 0 aliphatic carbocycles. The summed E-state index contributed by atoms with van der Waals surface area (Å²) in [7, 11) is 1.53. The van der Waals surface area contributed by atoms with E-state index in [-0.39, 0.29) is 0 Å². The van der Waals surface area contributed by atoms with Crippen molar-refractivity contribution in [3.63, 3.8) is 0 Å². The number of nitrogens with zero attached hydrogens (tertiary/aromatic N) is 1. The minimum absolute atomic E-state index is 0.457. The number of halogens is 2. The quantitative estimate of drug-likeness (QED) is 0.712. The second-order valence-corrected chi connectivity index (χ2v) is 5.02. The van der Waals surface area contributed by atoms with Crippen molar-refractivity contribution >= 4 is 35.1 Å². The third-order valence-corrected chi connectivity index (χ3v) is 3.30. The highest BCUT2D eigenvalue weighted by atomic mass is 35.5. The zero-order valence-corrected chi connectivity index (χ0v) is 13.3. The SMILES string of the molecule is CCOc1ccc(N=Cc2cc(Cl)c(OC)c(Cl)c2)cc1. The van der Waals surface area contributed by atoms with Crippen LogP contribution in [0.3, 0.4) is 0 Å². The van der Waals surface area contributed by atoms with Gasteiger partial charge in [-0.3, -0.25) is 4.99 Å². The molecule has 0 aliphatic heterocycles. The minimum atomic E-state index is 0.457. The molecule has 2 aromatic rings. The average Bonchev–Trinajstić information content (AvgIpc) is 2.47. The first-order valence-corrected chi connectivity index (χ1v) is 7.19. The molecule has 2 rings (SSSR count). The highest BCUT2D eigenvalue weighted by molar-refractivity contribution is 6.37. The molecule has 21 heavy (non-hydrogen) atoms. The highest BCUT2D eigenvalue weighted by Crippen LogP contribution is 2.33. The monoisotopic (exact) mass is 323 g/mol. The summed E-state index contributed by atoms with van der Waals surface area (Å²) in [6.07, 6.45) is 1.70. The van der Waals surface area contributed by atoms with Crippen molar-refractivity contribution < 1.29 is 9.47 Å². The van der Waals surface area contributed by atoms with Crippen molar-refractivity contribution in [1.29, 1.82) is 0 Å². The van der Waals surface area contributed by atoms with Crippen LogP contribution in [-0.2, 0) is 0 Å². The molecule has 0 radical (unpaired) electrons. The topological polar surface area (TPSA) is 30.8 Å². The highest BCUT2D eigenvalue weighted by Gasteiger charge is 2.07. The van der Waals surface area contributed by atoms with E-state index in [1.54, 1.807) is 18.3 Å². The maximum absolute atomic E-state index is 6.08. The lowest BCUT2D eigenvalue weighted by atomic mass is 10.2. The Morgan fingerprint density at radius 2 is 1.71 bits per heavy atom. The fraction of sp³-hybridized carbons (Fsp3) is 0.188. The Morgan fingerprint density at radius 3 is 2.24 bits per heavy atom. The Kier molecular flexibility index (Phi) is 5.48. The van der Waals surface area contributed by atoms with Gasteiger partial charge in [-0.1, -0.05) is 23.2 Å². The van der Waals surface area contributed by atoms with Gasteiger partial charge >= 0.3 is 0 Å². The second kappa shape index (κ2) is 7.34. The zero-order valence-electron chi connectivity index (χ0n) is 11.8. The van der Waals surface area contributed by atoms with Gasteiger partial charge in [-0.15, -0.1) is 0 Å². The molecule has 0 fully saturated rings. The molecule has 0 heterocycles. The summed E-state index contributed by atoms with van der Waals surface area (Å²) in [4.78, 5) is 4.38. The fourth-order valence-electron chi connectivity index (χ4n) is 1.79. The van der Waals surface area contributed by atoms with E-state index in [1.165, 1.54) is 7.11 Å². The van der Waals surface area contributed by atoms with Crippen LogP contribution in [-0.4, -0.2) is 19.9 Å². The predicted molar refractivity (Wildman–Crippen MR) is 87.9 cm³/mol. The number of benzene rings is 2. The van der Waals surface area contributed by atoms with Crippen LogP contribution in [0, 0.1) is 0 Å². The van der Waals surface area contributed by atoms with Gasteiger partial charge in [-0.05, 0) is 48.9 Å². The van der Waals surface area contributed by atoms with E-state index in [1.807, 2.05) is 31.2 Å². The van der Waals surface area contributed by atoms with E-state index in [4.69, 9.17) is 32.7 Å². The van der Waals surface area contributed by atoms with E-state index in [0.717, 1.165) is 17.0 Å². The molecule has 0 atom stereocenters. The van der Waals surface area contributed by atoms with Crippen molar-refractivity contribution in [2.24, 2.45) is 4.99 Å². The molecule has 5 heteroatoms. The molecular formula is C16H15Cl2NO2. The largest absolute Gasteiger partial charge is 0.494 e. The summed E-state index contributed by atoms with van der Waals surface area (Å²) in [6.45, 7) is 2.59. The summed E-state index contributed by atoms with van der Waals surface area (Å²) in [5, 5.41) is 0.913. The Hall–Kier alpha value is -1.71. The Bertz CT molecular complexity index is 616. The molecular weight excluding hydrogens is 309 g/mol. The lowest BCUT2D eigenvalue weighted by Crippen LogP contribution is -1.90. The molecule has 0 saturated heterocycles. The third kappa shape index (κ3) is 4.13. The first kappa shape index (κ1) is 15.7. The molecule has 0 aliphatic rings. The van der Waals surface area contributed by atoms with Gasteiger partial charge in [0.05, 0.1) is 29.4 Å². The van der Waals surface area contributed by atoms with E-state index in [9.17, 15) is 0 Å². The van der Waals surface area contributed by atoms with Gasteiger partial charge in [0.1, 0.15) is 5.75 Å². The van der Waals surface area contributed by atoms with E-state index < -0.39 is 0 Å². The van der Waals surface area contributed by atoms with Gasteiger partial charge < -0.3 is 9.47 Å². The van der Waals surface area contributed by atoms with Gasteiger partial charge in [0, 0.05) is 6.21 Å². The molecule has 0 amide bonds. The zero-order chi connectivity index (χ0) is 15.2. The summed E-state index contributed by atoms with van der Waals surface area (Å²) >= 11 is 12.2. The molecule has 0 unspecified atom stereocenters. The normalized spacial score (nSPS) is 10.9. The van der Waals surface area contributed by atoms with Crippen LogP contribution in [0.2, 0.25) is 10.0 Å². The van der Waals surface area contributed by atoms with Crippen LogP contribution in [0.5, 0.6) is 11.5 Å². The van der Waals surface area contributed by atoms with Crippen molar-refractivity contribution in [3.8, 4) is 11.5 Å². The molecule has 2 aromatic carbocycles. The van der Waals surface area contributed by atoms with Gasteiger partial charge in [0.25, 0.3) is 0 Å². The number of rotatable bonds is 5. The Balaban J connectivity index is 2.17. The van der Waals surface area contributed by atoms with Crippen LogP contribution >= 0.6 is 23.2 Å². The first-order chi connectivity index (χ1) is 10.1. The van der Waals surface area contributed by atoms with Crippen molar-refractivity contribution in [3.05, 3.63) is 52.0 Å². The second-order valence-electron chi connectivity index (χ2n) is 4.20. The molecule has 110 valence electrons. The summed E-state index contributed by atoms with van der Waals surface area (Å²) in [6, 6.07) is 11.0. The fourth-order valence-corrected chi connectivity index (χ4v) is 2.45. The number of aliphatic imine (C=N–C) groups is 1. The smallest absolute Gasteiger partial charge is 0.156 e. The molecule has 3 nitrogen and oxygen atoms in total. The molecule has 0 bridgehead atoms. The third-order valence-electron chi connectivity index (χ3n) is 2.74. The molecule has 0 N–H and O–H groups in total. The van der Waals surface area contributed by atoms with Crippen molar-refractivity contribution in [2.45, 2.75) is 6.92 Å². The molecule has 0 saturated carbocycles. The van der Waals surface area contributed by atoms with Crippen LogP contribution in [0.4, 0.5) is 5.69 Å². The van der Waals surface area contributed by atoms with E-state index in [0.29, 0.717) is 22.4 Å². The molecule has 0 aromatic heterocycles. The summed E-state index contributed by atoms with van der Waals surface area (Å²) < 4.78 is 10.5. The Labute approximate surface area is 134 Å². The van der Waals surface area contributed by atoms with Crippen LogP contribution in [0.15, 0.2) is 41.4 Å². The van der Waals surface area contributed by atoms with Crippen LogP contribution in [0.1, 0.15) is 12.5 Å². The molecule has 0 spiro atoms.